The third kappa shape index (κ3) is 5.19. The summed E-state index contributed by atoms with van der Waals surface area (Å²) in [7, 11) is 4.94. The van der Waals surface area contributed by atoms with Crippen molar-refractivity contribution < 1.29 is 14.3 Å². The number of methoxy groups -OCH3 is 2. The number of likely N-dealkylation sites (tertiary alicyclic amines) is 1. The molecule has 0 saturated carbocycles. The Morgan fingerprint density at radius 1 is 1.10 bits per heavy atom. The van der Waals surface area contributed by atoms with Crippen molar-refractivity contribution in [1.82, 2.24) is 10.2 Å². The zero-order valence-electron chi connectivity index (χ0n) is 17.2. The number of hydrogen-bond acceptors (Lipinski definition) is 4. The van der Waals surface area contributed by atoms with E-state index >= 15 is 0 Å². The minimum absolute atomic E-state index is 0.235. The summed E-state index contributed by atoms with van der Waals surface area (Å²) in [5.41, 5.74) is 3.13. The van der Waals surface area contributed by atoms with Crippen molar-refractivity contribution in [1.29, 1.82) is 0 Å². The molecule has 7 nitrogen and oxygen atoms in total. The zero-order chi connectivity index (χ0) is 20.6. The van der Waals surface area contributed by atoms with E-state index in [1.54, 1.807) is 21.3 Å². The number of benzene rings is 2. The Kier molecular flexibility index (Phi) is 6.94. The van der Waals surface area contributed by atoms with Crippen LogP contribution in [0, 0.1) is 0 Å². The lowest BCUT2D eigenvalue weighted by molar-refractivity contribution is -0.128. The van der Waals surface area contributed by atoms with Crippen LogP contribution in [0.1, 0.15) is 24.0 Å². The lowest BCUT2D eigenvalue weighted by Gasteiger charge is -2.19. The highest BCUT2D eigenvalue weighted by atomic mass is 16.5. The number of hydrogen-bond donors (Lipinski definition) is 2. The number of ether oxygens (including phenoxy) is 2. The van der Waals surface area contributed by atoms with E-state index in [9.17, 15) is 4.79 Å². The highest BCUT2D eigenvalue weighted by molar-refractivity contribution is 5.93. The molecule has 29 heavy (non-hydrogen) atoms. The van der Waals surface area contributed by atoms with Gasteiger partial charge in [-0.05, 0) is 29.7 Å². The molecule has 7 heteroatoms. The van der Waals surface area contributed by atoms with Gasteiger partial charge in [0.15, 0.2) is 17.5 Å². The van der Waals surface area contributed by atoms with E-state index in [0.717, 1.165) is 29.8 Å². The molecule has 154 valence electrons. The van der Waals surface area contributed by atoms with Crippen LogP contribution in [0.2, 0.25) is 0 Å². The van der Waals surface area contributed by atoms with Crippen LogP contribution in [0.3, 0.4) is 0 Å². The molecule has 2 N–H and O–H groups in total. The van der Waals surface area contributed by atoms with Crippen LogP contribution in [-0.4, -0.2) is 44.6 Å². The maximum Gasteiger partial charge on any atom is 0.222 e. The number of nitrogens with zero attached hydrogens (tertiary/aromatic N) is 2. The first-order valence-corrected chi connectivity index (χ1v) is 9.69. The summed E-state index contributed by atoms with van der Waals surface area (Å²) in [5.74, 6) is 2.20. The molecule has 1 amide bonds. The molecular formula is C22H28N4O3. The number of rotatable bonds is 7. The molecule has 0 atom stereocenters. The molecule has 1 heterocycles. The van der Waals surface area contributed by atoms with Crippen molar-refractivity contribution in [3.05, 3.63) is 53.6 Å². The Labute approximate surface area is 171 Å². The largest absolute Gasteiger partial charge is 0.493 e. The highest BCUT2D eigenvalue weighted by Crippen LogP contribution is 2.29. The molecule has 1 aliphatic rings. The maximum atomic E-state index is 12.0. The van der Waals surface area contributed by atoms with E-state index < -0.39 is 0 Å². The predicted octanol–water partition coefficient (Wildman–Crippen LogP) is 3.01. The van der Waals surface area contributed by atoms with Gasteiger partial charge < -0.3 is 25.0 Å². The molecule has 2 aromatic carbocycles. The number of nitrogens with one attached hydrogen (secondary N) is 2. The second-order valence-corrected chi connectivity index (χ2v) is 6.81. The van der Waals surface area contributed by atoms with E-state index in [4.69, 9.17) is 9.47 Å². The quantitative estimate of drug-likeness (QED) is 0.556. The molecule has 0 radical (unpaired) electrons. The maximum absolute atomic E-state index is 12.0. The number of anilines is 1. The number of guanidine groups is 1. The smallest absolute Gasteiger partial charge is 0.222 e. The first-order chi connectivity index (χ1) is 14.1. The van der Waals surface area contributed by atoms with Crippen LogP contribution in [-0.2, 0) is 17.9 Å². The van der Waals surface area contributed by atoms with Gasteiger partial charge in [0.2, 0.25) is 5.91 Å². The van der Waals surface area contributed by atoms with Gasteiger partial charge in [-0.15, -0.1) is 0 Å². The van der Waals surface area contributed by atoms with E-state index in [1.807, 2.05) is 35.2 Å². The monoisotopic (exact) mass is 396 g/mol. The fraction of sp³-hybridized carbons (Fsp3) is 0.364. The van der Waals surface area contributed by atoms with E-state index in [-0.39, 0.29) is 5.91 Å². The van der Waals surface area contributed by atoms with Gasteiger partial charge in [-0.2, -0.15) is 0 Å². The minimum Gasteiger partial charge on any atom is -0.493 e. The topological polar surface area (TPSA) is 75.2 Å². The first kappa shape index (κ1) is 20.5. The van der Waals surface area contributed by atoms with Crippen molar-refractivity contribution in [2.45, 2.75) is 25.9 Å². The van der Waals surface area contributed by atoms with Crippen molar-refractivity contribution in [3.8, 4) is 11.5 Å². The summed E-state index contributed by atoms with van der Waals surface area (Å²) in [5, 5.41) is 6.60. The van der Waals surface area contributed by atoms with Crippen molar-refractivity contribution >= 4 is 17.6 Å². The Morgan fingerprint density at radius 3 is 2.52 bits per heavy atom. The third-order valence-electron chi connectivity index (χ3n) is 4.97. The Hall–Kier alpha value is -3.22. The summed E-state index contributed by atoms with van der Waals surface area (Å²) in [4.78, 5) is 18.2. The molecule has 0 unspecified atom stereocenters. The molecule has 0 spiro atoms. The van der Waals surface area contributed by atoms with E-state index in [2.05, 4.69) is 27.8 Å². The SMILES string of the molecule is CN=C(NCc1ccccc1CN1CCCC1=O)Nc1ccc(OC)c(OC)c1. The van der Waals surface area contributed by atoms with Crippen molar-refractivity contribution in [2.75, 3.05) is 33.1 Å². The first-order valence-electron chi connectivity index (χ1n) is 9.69. The van der Waals surface area contributed by atoms with Crippen LogP contribution in [0.4, 0.5) is 5.69 Å². The molecular weight excluding hydrogens is 368 g/mol. The average molecular weight is 396 g/mol. The van der Waals surface area contributed by atoms with Gasteiger partial charge in [0, 0.05) is 44.9 Å². The highest BCUT2D eigenvalue weighted by Gasteiger charge is 2.20. The van der Waals surface area contributed by atoms with Gasteiger partial charge in [-0.1, -0.05) is 24.3 Å². The van der Waals surface area contributed by atoms with Gasteiger partial charge in [-0.3, -0.25) is 9.79 Å². The van der Waals surface area contributed by atoms with Crippen LogP contribution >= 0.6 is 0 Å². The van der Waals surface area contributed by atoms with Crippen molar-refractivity contribution in [2.24, 2.45) is 4.99 Å². The van der Waals surface area contributed by atoms with Crippen LogP contribution in [0.5, 0.6) is 11.5 Å². The Balaban J connectivity index is 1.65. The molecule has 0 aromatic heterocycles. The molecule has 2 aromatic rings. The van der Waals surface area contributed by atoms with Gasteiger partial charge in [0.05, 0.1) is 14.2 Å². The summed E-state index contributed by atoms with van der Waals surface area (Å²) < 4.78 is 10.6. The molecule has 1 saturated heterocycles. The summed E-state index contributed by atoms with van der Waals surface area (Å²) >= 11 is 0. The fourth-order valence-electron chi connectivity index (χ4n) is 3.37. The number of carbonyl (C=O) groups is 1. The van der Waals surface area contributed by atoms with E-state index in [0.29, 0.717) is 37.0 Å². The van der Waals surface area contributed by atoms with Crippen LogP contribution < -0.4 is 20.1 Å². The third-order valence-corrected chi connectivity index (χ3v) is 4.97. The number of carbonyl (C=O) groups excluding carboxylic acids is 1. The number of amides is 1. The number of aliphatic imine (C=N–C) groups is 1. The second-order valence-electron chi connectivity index (χ2n) is 6.81. The Bertz CT molecular complexity index is 882. The lowest BCUT2D eigenvalue weighted by Crippen LogP contribution is -2.31. The van der Waals surface area contributed by atoms with Gasteiger partial charge in [-0.25, -0.2) is 0 Å². The van der Waals surface area contributed by atoms with Crippen molar-refractivity contribution in [3.63, 3.8) is 0 Å². The molecule has 0 aliphatic carbocycles. The van der Waals surface area contributed by atoms with Gasteiger partial charge in [0.1, 0.15) is 0 Å². The van der Waals surface area contributed by atoms with E-state index in [1.165, 1.54) is 0 Å². The molecule has 1 aliphatic heterocycles. The average Bonchev–Trinajstić information content (AvgIpc) is 3.16. The van der Waals surface area contributed by atoms with Gasteiger partial charge >= 0.3 is 0 Å². The zero-order valence-corrected chi connectivity index (χ0v) is 17.2. The molecule has 3 rings (SSSR count). The summed E-state index contributed by atoms with van der Waals surface area (Å²) in [6, 6.07) is 13.8. The Morgan fingerprint density at radius 2 is 1.86 bits per heavy atom. The van der Waals surface area contributed by atoms with Gasteiger partial charge in [0.25, 0.3) is 0 Å². The standard InChI is InChI=1S/C22H28N4O3/c1-23-22(25-18-10-11-19(28-2)20(13-18)29-3)24-14-16-7-4-5-8-17(16)15-26-12-6-9-21(26)27/h4-5,7-8,10-11,13H,6,9,12,14-15H2,1-3H3,(H2,23,24,25). The molecule has 1 fully saturated rings. The normalized spacial score (nSPS) is 14.1. The summed E-state index contributed by atoms with van der Waals surface area (Å²) in [6.07, 6.45) is 1.60. The lowest BCUT2D eigenvalue weighted by atomic mass is 10.1. The predicted molar refractivity (Wildman–Crippen MR) is 114 cm³/mol. The summed E-state index contributed by atoms with van der Waals surface area (Å²) in [6.45, 7) is 2.09. The fourth-order valence-corrected chi connectivity index (χ4v) is 3.37. The second kappa shape index (κ2) is 9.82. The van der Waals surface area contributed by atoms with Crippen LogP contribution in [0.25, 0.3) is 0 Å². The minimum atomic E-state index is 0.235. The molecule has 0 bridgehead atoms. The van der Waals surface area contributed by atoms with Crippen LogP contribution in [0.15, 0.2) is 47.5 Å².